The summed E-state index contributed by atoms with van der Waals surface area (Å²) in [5.41, 5.74) is 3.80. The molecule has 0 saturated heterocycles. The number of fused-ring (bicyclic) bond motifs is 1. The van der Waals surface area contributed by atoms with Crippen molar-refractivity contribution in [1.29, 1.82) is 0 Å². The van der Waals surface area contributed by atoms with E-state index in [0.29, 0.717) is 0 Å². The Kier molecular flexibility index (Phi) is 2.41. The SMILES string of the molecule is Cc1ccc(-c2c[c]cc3ccccc23)cc1. The van der Waals surface area contributed by atoms with E-state index in [-0.39, 0.29) is 0 Å². The molecular formula is C17H13. The van der Waals surface area contributed by atoms with E-state index in [9.17, 15) is 0 Å². The van der Waals surface area contributed by atoms with E-state index in [1.165, 1.54) is 27.5 Å². The highest BCUT2D eigenvalue weighted by atomic mass is 14.1. The van der Waals surface area contributed by atoms with Crippen molar-refractivity contribution in [3.05, 3.63) is 72.3 Å². The van der Waals surface area contributed by atoms with Gasteiger partial charge in [-0.3, -0.25) is 0 Å². The molecule has 0 aliphatic carbocycles. The normalized spacial score (nSPS) is 10.6. The van der Waals surface area contributed by atoms with Crippen LogP contribution in [-0.4, -0.2) is 0 Å². The van der Waals surface area contributed by atoms with Crippen LogP contribution in [0, 0.1) is 13.0 Å². The fourth-order valence-electron chi connectivity index (χ4n) is 2.13. The van der Waals surface area contributed by atoms with Gasteiger partial charge in [0.05, 0.1) is 0 Å². The van der Waals surface area contributed by atoms with E-state index in [1.54, 1.807) is 0 Å². The van der Waals surface area contributed by atoms with Crippen molar-refractivity contribution < 1.29 is 0 Å². The lowest BCUT2D eigenvalue weighted by Crippen LogP contribution is -1.81. The summed E-state index contributed by atoms with van der Waals surface area (Å²) in [6, 6.07) is 24.4. The van der Waals surface area contributed by atoms with Crippen LogP contribution >= 0.6 is 0 Å². The third-order valence-electron chi connectivity index (χ3n) is 3.08. The highest BCUT2D eigenvalue weighted by Crippen LogP contribution is 2.28. The molecule has 0 unspecified atom stereocenters. The van der Waals surface area contributed by atoms with Crippen LogP contribution in [0.5, 0.6) is 0 Å². The van der Waals surface area contributed by atoms with Gasteiger partial charge in [0.25, 0.3) is 0 Å². The lowest BCUT2D eigenvalue weighted by Gasteiger charge is -2.06. The molecule has 0 aliphatic rings. The standard InChI is InChI=1S/C17H13/c1-13-9-11-15(12-10-13)17-8-4-6-14-5-2-3-7-16(14)17/h2-3,5-12H,1H3. The molecule has 0 amide bonds. The molecule has 3 aromatic carbocycles. The monoisotopic (exact) mass is 217 g/mol. The third kappa shape index (κ3) is 1.83. The quantitative estimate of drug-likeness (QED) is 0.558. The van der Waals surface area contributed by atoms with E-state index in [2.05, 4.69) is 67.6 Å². The molecule has 3 aromatic rings. The first-order chi connectivity index (χ1) is 8.34. The van der Waals surface area contributed by atoms with Gasteiger partial charge >= 0.3 is 0 Å². The molecule has 0 heterocycles. The maximum absolute atomic E-state index is 3.22. The summed E-state index contributed by atoms with van der Waals surface area (Å²) in [6.07, 6.45) is 0. The van der Waals surface area contributed by atoms with Crippen molar-refractivity contribution in [3.63, 3.8) is 0 Å². The third-order valence-corrected chi connectivity index (χ3v) is 3.08. The van der Waals surface area contributed by atoms with Crippen LogP contribution in [0.2, 0.25) is 0 Å². The maximum Gasteiger partial charge on any atom is -0.00992 e. The smallest absolute Gasteiger partial charge is 0.00992 e. The van der Waals surface area contributed by atoms with E-state index >= 15 is 0 Å². The van der Waals surface area contributed by atoms with Gasteiger partial charge in [0.2, 0.25) is 0 Å². The molecule has 17 heavy (non-hydrogen) atoms. The van der Waals surface area contributed by atoms with Crippen LogP contribution in [0.3, 0.4) is 0 Å². The Morgan fingerprint density at radius 2 is 1.59 bits per heavy atom. The summed E-state index contributed by atoms with van der Waals surface area (Å²) in [6.45, 7) is 2.11. The minimum Gasteiger partial charge on any atom is -0.0616 e. The highest BCUT2D eigenvalue weighted by molar-refractivity contribution is 5.96. The molecule has 0 atom stereocenters. The van der Waals surface area contributed by atoms with E-state index in [0.717, 1.165) is 0 Å². The zero-order valence-corrected chi connectivity index (χ0v) is 9.77. The summed E-state index contributed by atoms with van der Waals surface area (Å²) in [5.74, 6) is 0. The molecule has 0 N–H and O–H groups in total. The Morgan fingerprint density at radius 1 is 0.824 bits per heavy atom. The van der Waals surface area contributed by atoms with Crippen molar-refractivity contribution in [2.45, 2.75) is 6.92 Å². The van der Waals surface area contributed by atoms with Gasteiger partial charge < -0.3 is 0 Å². The van der Waals surface area contributed by atoms with E-state index < -0.39 is 0 Å². The Morgan fingerprint density at radius 3 is 2.41 bits per heavy atom. The Balaban J connectivity index is 2.27. The molecule has 0 spiro atoms. The molecule has 81 valence electrons. The first-order valence-corrected chi connectivity index (χ1v) is 5.80. The average Bonchev–Trinajstić information content (AvgIpc) is 2.39. The minimum absolute atomic E-state index is 1.24. The lowest BCUT2D eigenvalue weighted by atomic mass is 9.98. The van der Waals surface area contributed by atoms with Crippen molar-refractivity contribution in [3.8, 4) is 11.1 Å². The average molecular weight is 217 g/mol. The summed E-state index contributed by atoms with van der Waals surface area (Å²) in [5, 5.41) is 2.53. The fourth-order valence-corrected chi connectivity index (χ4v) is 2.13. The molecule has 0 fully saturated rings. The van der Waals surface area contributed by atoms with Gasteiger partial charge in [-0.15, -0.1) is 0 Å². The van der Waals surface area contributed by atoms with Gasteiger partial charge in [-0.1, -0.05) is 54.1 Å². The van der Waals surface area contributed by atoms with Gasteiger partial charge in [-0.25, -0.2) is 0 Å². The number of rotatable bonds is 1. The van der Waals surface area contributed by atoms with Crippen molar-refractivity contribution in [2.75, 3.05) is 0 Å². The number of hydrogen-bond acceptors (Lipinski definition) is 0. The van der Waals surface area contributed by atoms with Crippen LogP contribution in [0.1, 0.15) is 5.56 Å². The first kappa shape index (κ1) is 10.1. The maximum atomic E-state index is 3.22. The topological polar surface area (TPSA) is 0 Å². The van der Waals surface area contributed by atoms with Gasteiger partial charge in [0.1, 0.15) is 0 Å². The second-order valence-electron chi connectivity index (χ2n) is 4.32. The molecule has 0 aromatic heterocycles. The van der Waals surface area contributed by atoms with Gasteiger partial charge in [0.15, 0.2) is 0 Å². The molecule has 1 radical (unpaired) electrons. The summed E-state index contributed by atoms with van der Waals surface area (Å²) < 4.78 is 0. The number of benzene rings is 3. The Hall–Kier alpha value is -2.08. The summed E-state index contributed by atoms with van der Waals surface area (Å²) in [4.78, 5) is 0. The molecule has 0 saturated carbocycles. The lowest BCUT2D eigenvalue weighted by molar-refractivity contribution is 1.47. The van der Waals surface area contributed by atoms with Crippen LogP contribution in [0.4, 0.5) is 0 Å². The molecule has 3 rings (SSSR count). The Bertz CT molecular complexity index is 643. The second kappa shape index (κ2) is 4.06. The van der Waals surface area contributed by atoms with Crippen LogP contribution < -0.4 is 0 Å². The Labute approximate surface area is 102 Å². The predicted octanol–water partition coefficient (Wildman–Crippen LogP) is 4.62. The zero-order valence-electron chi connectivity index (χ0n) is 9.77. The van der Waals surface area contributed by atoms with Crippen molar-refractivity contribution in [2.24, 2.45) is 0 Å². The van der Waals surface area contributed by atoms with Crippen LogP contribution in [-0.2, 0) is 0 Å². The molecule has 0 heteroatoms. The summed E-state index contributed by atoms with van der Waals surface area (Å²) >= 11 is 0. The number of aryl methyl sites for hydroxylation is 1. The van der Waals surface area contributed by atoms with E-state index in [4.69, 9.17) is 0 Å². The van der Waals surface area contributed by atoms with Gasteiger partial charge in [-0.2, -0.15) is 0 Å². The molecular weight excluding hydrogens is 204 g/mol. The van der Waals surface area contributed by atoms with Crippen molar-refractivity contribution in [1.82, 2.24) is 0 Å². The molecule has 0 bridgehead atoms. The molecule has 0 aliphatic heterocycles. The van der Waals surface area contributed by atoms with Gasteiger partial charge in [0, 0.05) is 0 Å². The van der Waals surface area contributed by atoms with Gasteiger partial charge in [-0.05, 0) is 47.0 Å². The second-order valence-corrected chi connectivity index (χ2v) is 4.32. The molecule has 0 nitrogen and oxygen atoms in total. The minimum atomic E-state index is 1.24. The van der Waals surface area contributed by atoms with Crippen LogP contribution in [0.15, 0.2) is 60.7 Å². The van der Waals surface area contributed by atoms with E-state index in [1.807, 2.05) is 6.07 Å². The summed E-state index contributed by atoms with van der Waals surface area (Å²) in [7, 11) is 0. The zero-order chi connectivity index (χ0) is 11.7. The highest BCUT2D eigenvalue weighted by Gasteiger charge is 2.02. The fraction of sp³-hybridized carbons (Fsp3) is 0.0588. The van der Waals surface area contributed by atoms with Crippen molar-refractivity contribution >= 4 is 10.8 Å². The number of hydrogen-bond donors (Lipinski definition) is 0. The van der Waals surface area contributed by atoms with Crippen LogP contribution in [0.25, 0.3) is 21.9 Å². The first-order valence-electron chi connectivity index (χ1n) is 5.80. The predicted molar refractivity (Wildman–Crippen MR) is 73.0 cm³/mol. The largest absolute Gasteiger partial charge is 0.0616 e.